The highest BCUT2D eigenvalue weighted by Crippen LogP contribution is 2.57. The molecule has 1 aromatic heterocycles. The fourth-order valence-electron chi connectivity index (χ4n) is 13.4. The second-order valence-electron chi connectivity index (χ2n) is 28.3. The molecular formula is C73H80BN3. The predicted molar refractivity (Wildman–Crippen MR) is 335 cm³/mol. The molecule has 3 aliphatic rings. The van der Waals surface area contributed by atoms with Crippen molar-refractivity contribution in [3.8, 4) is 16.8 Å². The van der Waals surface area contributed by atoms with E-state index in [1.54, 1.807) is 0 Å². The molecule has 0 radical (unpaired) electrons. The lowest BCUT2D eigenvalue weighted by Crippen LogP contribution is -2.61. The highest BCUT2D eigenvalue weighted by atomic mass is 15.2. The highest BCUT2D eigenvalue weighted by molar-refractivity contribution is 7.00. The van der Waals surface area contributed by atoms with E-state index in [9.17, 15) is 0 Å². The van der Waals surface area contributed by atoms with Crippen molar-refractivity contribution in [1.82, 2.24) is 4.57 Å². The van der Waals surface area contributed by atoms with Crippen LogP contribution in [0.25, 0.3) is 38.6 Å². The van der Waals surface area contributed by atoms with E-state index in [2.05, 4.69) is 285 Å². The van der Waals surface area contributed by atoms with Crippen molar-refractivity contribution in [3.63, 3.8) is 0 Å². The summed E-state index contributed by atoms with van der Waals surface area (Å²) in [5.41, 5.74) is 28.5. The number of aromatic nitrogens is 1. The van der Waals surface area contributed by atoms with Gasteiger partial charge in [0.05, 0.1) is 22.4 Å². The number of anilines is 6. The van der Waals surface area contributed by atoms with Crippen LogP contribution in [-0.4, -0.2) is 11.3 Å². The largest absolute Gasteiger partial charge is 0.311 e. The van der Waals surface area contributed by atoms with Gasteiger partial charge in [-0.2, -0.15) is 0 Å². The number of nitrogens with zero attached hydrogens (tertiary/aromatic N) is 3. The van der Waals surface area contributed by atoms with Gasteiger partial charge < -0.3 is 14.4 Å². The molecule has 0 N–H and O–H groups in total. The Bertz CT molecular complexity index is 3860. The van der Waals surface area contributed by atoms with Gasteiger partial charge in [0.15, 0.2) is 0 Å². The zero-order chi connectivity index (χ0) is 54.8. The summed E-state index contributed by atoms with van der Waals surface area (Å²) in [6.07, 6.45) is 0. The summed E-state index contributed by atoms with van der Waals surface area (Å²) >= 11 is 0. The average Bonchev–Trinajstić information content (AvgIpc) is 3.96. The minimum Gasteiger partial charge on any atom is -0.311 e. The maximum Gasteiger partial charge on any atom is 0.252 e. The number of hydrogen-bond donors (Lipinski definition) is 0. The summed E-state index contributed by atoms with van der Waals surface area (Å²) < 4.78 is 2.54. The number of fused-ring (bicyclic) bond motifs is 10. The van der Waals surface area contributed by atoms with Crippen LogP contribution in [0.2, 0.25) is 0 Å². The fraction of sp³-hybridized carbons (Fsp3) is 0.342. The molecule has 0 fully saturated rings. The molecule has 0 unspecified atom stereocenters. The van der Waals surface area contributed by atoms with Crippen molar-refractivity contribution < 1.29 is 0 Å². The van der Waals surface area contributed by atoms with E-state index in [4.69, 9.17) is 0 Å². The first kappa shape index (κ1) is 51.0. The van der Waals surface area contributed by atoms with Crippen LogP contribution in [0.1, 0.15) is 181 Å². The standard InChI is InChI=1S/C73H80BN3/c1-43(2)51-36-47(71(11,12)13)37-52(44(3)4)68(51)77-63-42-61-54(53-35-45(69(5,6)7)32-34-59(53)75(61)49-25-20-19-21-26-49)41-58(63)74-57-33-31-46(70(8,9)10)38-62(57)76(64-39-48(72(14,15)16)40-65(77)67(64)74)60-30-24-29-56-66(60)50-27-22-23-28-55(50)73(56,17)18/h19-44H,1-18H3. The molecule has 0 saturated carbocycles. The Balaban J connectivity index is 1.30. The first-order valence-corrected chi connectivity index (χ1v) is 28.7. The topological polar surface area (TPSA) is 11.4 Å². The van der Waals surface area contributed by atoms with E-state index < -0.39 is 0 Å². The fourth-order valence-corrected chi connectivity index (χ4v) is 13.4. The van der Waals surface area contributed by atoms with E-state index in [1.807, 2.05) is 0 Å². The number of hydrogen-bond acceptors (Lipinski definition) is 2. The molecule has 12 rings (SSSR count). The third kappa shape index (κ3) is 7.80. The zero-order valence-corrected chi connectivity index (χ0v) is 49.4. The molecule has 0 amide bonds. The summed E-state index contributed by atoms with van der Waals surface area (Å²) in [7, 11) is 0. The van der Waals surface area contributed by atoms with Gasteiger partial charge in [-0.15, -0.1) is 0 Å². The molecule has 0 spiro atoms. The number of para-hydroxylation sites is 1. The monoisotopic (exact) mass is 1010 g/mol. The van der Waals surface area contributed by atoms with Crippen LogP contribution >= 0.6 is 0 Å². The van der Waals surface area contributed by atoms with Gasteiger partial charge in [-0.05, 0) is 155 Å². The molecule has 1 aliphatic carbocycles. The lowest BCUT2D eigenvalue weighted by molar-refractivity contribution is 0.586. The minimum atomic E-state index is -0.175. The van der Waals surface area contributed by atoms with Crippen LogP contribution in [0.4, 0.5) is 34.1 Å². The first-order chi connectivity index (χ1) is 36.2. The summed E-state index contributed by atoms with van der Waals surface area (Å²) in [5, 5.41) is 2.58. The lowest BCUT2D eigenvalue weighted by Gasteiger charge is -2.47. The summed E-state index contributed by atoms with van der Waals surface area (Å²) in [6, 6.07) is 57.7. The molecule has 0 atom stereocenters. The smallest absolute Gasteiger partial charge is 0.252 e. The Morgan fingerprint density at radius 2 is 0.935 bits per heavy atom. The zero-order valence-electron chi connectivity index (χ0n) is 49.4. The number of benzene rings is 8. The van der Waals surface area contributed by atoms with Crippen LogP contribution in [0.3, 0.4) is 0 Å². The normalized spacial score (nSPS) is 14.9. The molecule has 8 aromatic carbocycles. The van der Waals surface area contributed by atoms with Crippen LogP contribution in [0.15, 0.2) is 146 Å². The van der Waals surface area contributed by atoms with Gasteiger partial charge in [-0.3, -0.25) is 0 Å². The maximum absolute atomic E-state index is 2.78. The molecule has 9 aromatic rings. The van der Waals surface area contributed by atoms with Gasteiger partial charge in [0.25, 0.3) is 6.71 Å². The molecule has 4 heteroatoms. The van der Waals surface area contributed by atoms with Crippen molar-refractivity contribution in [1.29, 1.82) is 0 Å². The third-order valence-corrected chi connectivity index (χ3v) is 17.9. The summed E-state index contributed by atoms with van der Waals surface area (Å²) in [6.45, 7) is 42.9. The summed E-state index contributed by atoms with van der Waals surface area (Å²) in [5.74, 6) is 0.512. The second-order valence-corrected chi connectivity index (χ2v) is 28.3. The predicted octanol–water partition coefficient (Wildman–Crippen LogP) is 18.6. The first-order valence-electron chi connectivity index (χ1n) is 28.7. The van der Waals surface area contributed by atoms with Gasteiger partial charge in [0, 0.05) is 50.2 Å². The van der Waals surface area contributed by atoms with Crippen LogP contribution < -0.4 is 26.2 Å². The van der Waals surface area contributed by atoms with Gasteiger partial charge in [0.1, 0.15) is 0 Å². The van der Waals surface area contributed by atoms with Crippen LogP contribution in [0, 0.1) is 0 Å². The quantitative estimate of drug-likeness (QED) is 0.159. The molecular weight excluding hydrogens is 930 g/mol. The van der Waals surface area contributed by atoms with Crippen molar-refractivity contribution >= 4 is 79.0 Å². The van der Waals surface area contributed by atoms with Crippen molar-refractivity contribution in [2.75, 3.05) is 9.80 Å². The Labute approximate surface area is 461 Å². The molecule has 0 saturated heterocycles. The van der Waals surface area contributed by atoms with Gasteiger partial charge >= 0.3 is 0 Å². The van der Waals surface area contributed by atoms with Gasteiger partial charge in [0.2, 0.25) is 0 Å². The van der Waals surface area contributed by atoms with Crippen LogP contribution in [-0.2, 0) is 27.1 Å². The van der Waals surface area contributed by atoms with Crippen LogP contribution in [0.5, 0.6) is 0 Å². The minimum absolute atomic E-state index is 0.0252. The third-order valence-electron chi connectivity index (χ3n) is 17.9. The summed E-state index contributed by atoms with van der Waals surface area (Å²) in [4.78, 5) is 5.50. The SMILES string of the molecule is CC(C)c1cc(C(C)(C)C)cc(C(C)C)c1N1c2cc3c(cc2B2c4ccc(C(C)(C)C)cc4N(c4cccc5c4-c4ccccc4C5(C)C)c4cc(C(C)(C)C)cc1c42)c1cc(C(C)(C)C)ccc1n3-c1ccccc1. The van der Waals surface area contributed by atoms with E-state index in [1.165, 1.54) is 134 Å². The Morgan fingerprint density at radius 3 is 1.56 bits per heavy atom. The van der Waals surface area contributed by atoms with E-state index >= 15 is 0 Å². The average molecular weight is 1010 g/mol. The Morgan fingerprint density at radius 1 is 0.416 bits per heavy atom. The van der Waals surface area contributed by atoms with Crippen molar-refractivity contribution in [2.45, 2.75) is 164 Å². The molecule has 390 valence electrons. The highest BCUT2D eigenvalue weighted by Gasteiger charge is 2.47. The molecule has 77 heavy (non-hydrogen) atoms. The molecule has 2 aliphatic heterocycles. The Hall–Kier alpha value is -6.78. The second kappa shape index (κ2) is 17.1. The molecule has 3 nitrogen and oxygen atoms in total. The van der Waals surface area contributed by atoms with Crippen molar-refractivity contribution in [2.24, 2.45) is 0 Å². The van der Waals surface area contributed by atoms with E-state index in [0.29, 0.717) is 0 Å². The molecule has 3 heterocycles. The Kier molecular flexibility index (Phi) is 11.3. The maximum atomic E-state index is 2.78. The van der Waals surface area contributed by atoms with E-state index in [0.717, 1.165) is 0 Å². The van der Waals surface area contributed by atoms with Crippen molar-refractivity contribution in [3.05, 3.63) is 190 Å². The van der Waals surface area contributed by atoms with Gasteiger partial charge in [-0.25, -0.2) is 0 Å². The number of rotatable bonds is 5. The molecule has 0 bridgehead atoms. The lowest BCUT2D eigenvalue weighted by atomic mass is 9.33. The van der Waals surface area contributed by atoms with E-state index in [-0.39, 0.29) is 45.6 Å². The van der Waals surface area contributed by atoms with Gasteiger partial charge in [-0.1, -0.05) is 216 Å².